The van der Waals surface area contributed by atoms with Crippen molar-refractivity contribution >= 4 is 20.7 Å². The summed E-state index contributed by atoms with van der Waals surface area (Å²) in [4.78, 5) is 31.2. The van der Waals surface area contributed by atoms with Gasteiger partial charge in [-0.05, 0) is 6.08 Å². The fourth-order valence-electron chi connectivity index (χ4n) is 1.22. The number of rotatable bonds is 11. The maximum atomic E-state index is 10.7. The van der Waals surface area contributed by atoms with Crippen molar-refractivity contribution in [3.63, 3.8) is 0 Å². The van der Waals surface area contributed by atoms with Gasteiger partial charge in [0.05, 0.1) is 6.61 Å². The Hall–Kier alpha value is -1.55. The van der Waals surface area contributed by atoms with E-state index in [1.165, 1.54) is 39.7 Å². The average molecular weight is 382 g/mol. The molecule has 2 atom stereocenters. The minimum atomic E-state index is -1.91. The molecule has 0 aliphatic carbocycles. The lowest BCUT2D eigenvalue weighted by atomic mass is 10.4. The third kappa shape index (κ3) is 15.7. The van der Waals surface area contributed by atoms with Crippen molar-refractivity contribution in [2.45, 2.75) is 6.10 Å². The number of ether oxygens (including phenoxy) is 3. The van der Waals surface area contributed by atoms with Gasteiger partial charge in [0.2, 0.25) is 14.8 Å². The first kappa shape index (κ1) is 25.7. The molecule has 2 unspecified atom stereocenters. The van der Waals surface area contributed by atoms with Crippen molar-refractivity contribution in [3.05, 3.63) is 23.9 Å². The molecule has 0 aliphatic heterocycles. The Bertz CT molecular complexity index is 420. The fraction of sp³-hybridized carbons (Fsp3) is 0.571. The van der Waals surface area contributed by atoms with E-state index in [1.54, 1.807) is 19.1 Å². The van der Waals surface area contributed by atoms with Crippen molar-refractivity contribution in [1.82, 2.24) is 10.2 Å². The van der Waals surface area contributed by atoms with Gasteiger partial charge < -0.3 is 33.6 Å². The highest BCUT2D eigenvalue weighted by atomic mass is 31.2. The molecule has 0 saturated carbocycles. The maximum Gasteiger partial charge on any atom is 0.251 e. The van der Waals surface area contributed by atoms with E-state index >= 15 is 0 Å². The molecule has 0 spiro atoms. The van der Waals surface area contributed by atoms with E-state index in [4.69, 9.17) is 19.1 Å². The van der Waals surface area contributed by atoms with Crippen LogP contribution in [0.15, 0.2) is 23.9 Å². The van der Waals surface area contributed by atoms with Gasteiger partial charge in [0.25, 0.3) is 5.91 Å². The number of nitrogens with zero attached hydrogens (tertiary/aromatic N) is 1. The first-order chi connectivity index (χ1) is 11.9. The molecule has 10 nitrogen and oxygen atoms in total. The molecule has 0 saturated heterocycles. The number of carbonyl (C=O) groups is 2. The highest BCUT2D eigenvalue weighted by molar-refractivity contribution is 7.50. The smallest absolute Gasteiger partial charge is 0.251 e. The lowest BCUT2D eigenvalue weighted by molar-refractivity contribution is -0.121. The number of amides is 2. The van der Waals surface area contributed by atoms with E-state index in [9.17, 15) is 14.7 Å². The Labute approximate surface area is 148 Å². The van der Waals surface area contributed by atoms with Crippen molar-refractivity contribution < 1.29 is 38.3 Å². The van der Waals surface area contributed by atoms with Gasteiger partial charge in [-0.3, -0.25) is 14.9 Å². The second-order valence-corrected chi connectivity index (χ2v) is 5.70. The second kappa shape index (κ2) is 17.3. The van der Waals surface area contributed by atoms with Crippen molar-refractivity contribution in [2.24, 2.45) is 0 Å². The van der Waals surface area contributed by atoms with Gasteiger partial charge in [0.15, 0.2) is 5.50 Å². The van der Waals surface area contributed by atoms with Crippen LogP contribution in [0.4, 0.5) is 0 Å². The van der Waals surface area contributed by atoms with E-state index in [1.807, 2.05) is 5.32 Å². The van der Waals surface area contributed by atoms with Crippen molar-refractivity contribution in [3.8, 4) is 0 Å². The molecule has 3 N–H and O–H groups in total. The normalized spacial score (nSPS) is 13.6. The molecule has 11 heteroatoms. The van der Waals surface area contributed by atoms with Crippen LogP contribution in [0.2, 0.25) is 0 Å². The van der Waals surface area contributed by atoms with Gasteiger partial charge in [-0.2, -0.15) is 0 Å². The zero-order valence-electron chi connectivity index (χ0n) is 15.0. The van der Waals surface area contributed by atoms with E-state index < -0.39 is 14.3 Å². The molecule has 0 heterocycles. The molecule has 0 radical (unpaired) electrons. The van der Waals surface area contributed by atoms with Crippen LogP contribution in [0.5, 0.6) is 0 Å². The molecule has 25 heavy (non-hydrogen) atoms. The zero-order valence-corrected chi connectivity index (χ0v) is 15.9. The number of hydrogen-bond donors (Lipinski definition) is 3. The Kier molecular flexibility index (Phi) is 17.8. The standard InChI is InChI=1S/C7H12N2O3.C7H15O5P/c1-9(6-12-2)4-3-7(11)8-5-10;1-10-5-6(11-2)4-7(8)13(9)12-3/h3-5H,6H2,1-2H3,(H,8,10,11);4,6,8-9H,5H2,1-3H3/b4-3-;7-4+. The number of nitrogens with one attached hydrogen (secondary N) is 1. The van der Waals surface area contributed by atoms with Crippen molar-refractivity contribution in [1.29, 1.82) is 0 Å². The summed E-state index contributed by atoms with van der Waals surface area (Å²) in [5, 5.41) is 11.2. The van der Waals surface area contributed by atoms with Crippen LogP contribution in [0.3, 0.4) is 0 Å². The second-order valence-electron chi connectivity index (χ2n) is 4.33. The van der Waals surface area contributed by atoms with E-state index in [0.717, 1.165) is 0 Å². The summed E-state index contributed by atoms with van der Waals surface area (Å²) in [5.41, 5.74) is -0.221. The van der Waals surface area contributed by atoms with Gasteiger partial charge in [-0.1, -0.05) is 0 Å². The molecule has 0 aromatic heterocycles. The van der Waals surface area contributed by atoms with Crippen LogP contribution in [-0.2, 0) is 28.3 Å². The molecule has 0 rings (SSSR count). The number of imide groups is 1. The summed E-state index contributed by atoms with van der Waals surface area (Å²) in [7, 11) is 5.71. The number of carbonyl (C=O) groups excluding carboxylic acids is 2. The number of aliphatic hydroxyl groups is 1. The number of aliphatic hydroxyl groups excluding tert-OH is 1. The molecule has 0 fully saturated rings. The highest BCUT2D eigenvalue weighted by Crippen LogP contribution is 2.38. The first-order valence-electron chi connectivity index (χ1n) is 6.93. The quantitative estimate of drug-likeness (QED) is 0.152. The summed E-state index contributed by atoms with van der Waals surface area (Å²) in [6.45, 7) is 0.707. The van der Waals surface area contributed by atoms with Crippen LogP contribution >= 0.6 is 8.38 Å². The van der Waals surface area contributed by atoms with Gasteiger partial charge in [0.1, 0.15) is 12.8 Å². The van der Waals surface area contributed by atoms with Gasteiger partial charge in [-0.15, -0.1) is 0 Å². The number of methoxy groups -OCH3 is 3. The summed E-state index contributed by atoms with van der Waals surface area (Å²) >= 11 is 0. The Morgan fingerprint density at radius 2 is 1.92 bits per heavy atom. The molecule has 0 aromatic carbocycles. The predicted octanol–water partition coefficient (Wildman–Crippen LogP) is 0.306. The molecule has 0 aromatic rings. The van der Waals surface area contributed by atoms with Gasteiger partial charge in [0, 0.05) is 47.8 Å². The Morgan fingerprint density at radius 1 is 1.28 bits per heavy atom. The lowest BCUT2D eigenvalue weighted by Gasteiger charge is -2.11. The molecular weight excluding hydrogens is 355 g/mol. The van der Waals surface area contributed by atoms with Crippen LogP contribution in [-0.4, -0.2) is 82.1 Å². The minimum Gasteiger partial charge on any atom is -0.503 e. The summed E-state index contributed by atoms with van der Waals surface area (Å²) in [5.74, 6) is -0.451. The summed E-state index contributed by atoms with van der Waals surface area (Å²) in [6, 6.07) is 0. The molecule has 146 valence electrons. The topological polar surface area (TPSA) is 127 Å². The van der Waals surface area contributed by atoms with Gasteiger partial charge >= 0.3 is 0 Å². The minimum absolute atomic E-state index is 0.221. The largest absolute Gasteiger partial charge is 0.503 e. The Balaban J connectivity index is 0. The van der Waals surface area contributed by atoms with Crippen LogP contribution in [0.1, 0.15) is 0 Å². The monoisotopic (exact) mass is 382 g/mol. The van der Waals surface area contributed by atoms with E-state index in [0.29, 0.717) is 19.7 Å². The maximum absolute atomic E-state index is 10.7. The van der Waals surface area contributed by atoms with Crippen molar-refractivity contribution in [2.75, 3.05) is 48.8 Å². The van der Waals surface area contributed by atoms with E-state index in [-0.39, 0.29) is 11.6 Å². The summed E-state index contributed by atoms with van der Waals surface area (Å²) in [6.07, 6.45) is 4.08. The average Bonchev–Trinajstić information content (AvgIpc) is 2.59. The molecule has 0 aliphatic rings. The number of hydrogen-bond acceptors (Lipinski definition) is 9. The molecular formula is C14H27N2O8P. The molecule has 0 bridgehead atoms. The van der Waals surface area contributed by atoms with E-state index in [2.05, 4.69) is 4.52 Å². The van der Waals surface area contributed by atoms with Crippen LogP contribution < -0.4 is 5.32 Å². The van der Waals surface area contributed by atoms with Crippen LogP contribution in [0, 0.1) is 0 Å². The fourth-order valence-corrected chi connectivity index (χ4v) is 1.70. The summed E-state index contributed by atoms with van der Waals surface area (Å²) < 4.78 is 19.1. The third-order valence-corrected chi connectivity index (χ3v) is 3.24. The third-order valence-electron chi connectivity index (χ3n) is 2.35. The lowest BCUT2D eigenvalue weighted by Crippen LogP contribution is -2.20. The SMILES string of the molecule is COCC(/C=C(\O)P(O)OC)OC.COCN(C)/C=C\C(=O)NC=O. The Morgan fingerprint density at radius 3 is 2.36 bits per heavy atom. The first-order valence-corrected chi connectivity index (χ1v) is 8.14. The zero-order chi connectivity index (χ0) is 19.7. The van der Waals surface area contributed by atoms with Crippen LogP contribution in [0.25, 0.3) is 0 Å². The predicted molar refractivity (Wildman–Crippen MR) is 92.5 cm³/mol. The van der Waals surface area contributed by atoms with Gasteiger partial charge in [-0.25, -0.2) is 0 Å². The highest BCUT2D eigenvalue weighted by Gasteiger charge is 2.12. The molecule has 2 amide bonds.